The van der Waals surface area contributed by atoms with E-state index in [4.69, 9.17) is 31.8 Å². The monoisotopic (exact) mass is 296 g/mol. The van der Waals surface area contributed by atoms with Crippen LogP contribution in [0.1, 0.15) is 12.5 Å². The first-order valence-electron chi connectivity index (χ1n) is 4.85. The number of rotatable bonds is 2. The molecule has 1 heterocycles. The Morgan fingerprint density at radius 1 is 1.29 bits per heavy atom. The number of hydrogen-bond donors (Lipinski definition) is 0. The zero-order chi connectivity index (χ0) is 12.7. The summed E-state index contributed by atoms with van der Waals surface area (Å²) in [6.07, 6.45) is 0. The lowest BCUT2D eigenvalue weighted by molar-refractivity contribution is -0.151. The van der Waals surface area contributed by atoms with Crippen LogP contribution in [0, 0.1) is 0 Å². The lowest BCUT2D eigenvalue weighted by Crippen LogP contribution is -2.24. The second-order valence-corrected chi connectivity index (χ2v) is 6.69. The third-order valence-corrected chi connectivity index (χ3v) is 4.13. The minimum absolute atomic E-state index is 0.0870. The van der Waals surface area contributed by atoms with Crippen LogP contribution in [0.15, 0.2) is 23.1 Å². The van der Waals surface area contributed by atoms with E-state index in [9.17, 15) is 8.42 Å². The fourth-order valence-corrected chi connectivity index (χ4v) is 3.15. The van der Waals surface area contributed by atoms with Gasteiger partial charge in [-0.1, -0.05) is 17.7 Å². The third kappa shape index (κ3) is 2.58. The topological polar surface area (TPSA) is 52.6 Å². The summed E-state index contributed by atoms with van der Waals surface area (Å²) in [5, 5.41) is 0.287. The molecule has 0 aromatic heterocycles. The van der Waals surface area contributed by atoms with Crippen LogP contribution in [0.4, 0.5) is 0 Å². The van der Waals surface area contributed by atoms with Crippen molar-refractivity contribution in [1.82, 2.24) is 0 Å². The normalized spacial score (nSPS) is 19.5. The number of ether oxygens (including phenoxy) is 2. The summed E-state index contributed by atoms with van der Waals surface area (Å²) in [6.45, 7) is 2.45. The van der Waals surface area contributed by atoms with Crippen molar-refractivity contribution in [1.29, 1.82) is 0 Å². The van der Waals surface area contributed by atoms with Gasteiger partial charge in [0.15, 0.2) is 5.79 Å². The van der Waals surface area contributed by atoms with Gasteiger partial charge in [0.05, 0.1) is 18.1 Å². The van der Waals surface area contributed by atoms with Gasteiger partial charge in [-0.3, -0.25) is 0 Å². The summed E-state index contributed by atoms with van der Waals surface area (Å²) < 4.78 is 33.8. The zero-order valence-corrected chi connectivity index (χ0v) is 11.3. The Morgan fingerprint density at radius 2 is 1.88 bits per heavy atom. The maximum atomic E-state index is 11.5. The molecule has 17 heavy (non-hydrogen) atoms. The highest BCUT2D eigenvalue weighted by molar-refractivity contribution is 8.13. The maximum Gasteiger partial charge on any atom is 0.261 e. The van der Waals surface area contributed by atoms with Gasteiger partial charge in [0.1, 0.15) is 0 Å². The summed E-state index contributed by atoms with van der Waals surface area (Å²) in [5.74, 6) is -1.10. The molecule has 0 saturated carbocycles. The highest BCUT2D eigenvalue weighted by Gasteiger charge is 2.37. The molecule has 1 fully saturated rings. The number of halogens is 2. The Bertz CT molecular complexity index is 535. The predicted molar refractivity (Wildman–Crippen MR) is 63.7 cm³/mol. The van der Waals surface area contributed by atoms with Gasteiger partial charge in [-0.05, 0) is 19.1 Å². The summed E-state index contributed by atoms with van der Waals surface area (Å²) in [5.41, 5.74) is 0.356. The van der Waals surface area contributed by atoms with Crippen LogP contribution in [0.2, 0.25) is 5.02 Å². The van der Waals surface area contributed by atoms with E-state index in [1.165, 1.54) is 6.07 Å². The van der Waals surface area contributed by atoms with Gasteiger partial charge in [-0.2, -0.15) is 0 Å². The average Bonchev–Trinajstić information content (AvgIpc) is 2.64. The first-order valence-corrected chi connectivity index (χ1v) is 7.54. The molecular weight excluding hydrogens is 287 g/mol. The molecule has 94 valence electrons. The van der Waals surface area contributed by atoms with E-state index in [0.717, 1.165) is 0 Å². The minimum atomic E-state index is -3.90. The van der Waals surface area contributed by atoms with Crippen LogP contribution in [0.3, 0.4) is 0 Å². The molecule has 7 heteroatoms. The zero-order valence-electron chi connectivity index (χ0n) is 8.94. The highest BCUT2D eigenvalue weighted by Crippen LogP contribution is 2.37. The SMILES string of the molecule is CC1(c2ccc(Cl)cc2S(=O)(=O)Cl)OCCO1. The van der Waals surface area contributed by atoms with E-state index < -0.39 is 14.8 Å². The third-order valence-electron chi connectivity index (χ3n) is 2.53. The van der Waals surface area contributed by atoms with Gasteiger partial charge < -0.3 is 9.47 Å². The van der Waals surface area contributed by atoms with E-state index >= 15 is 0 Å². The van der Waals surface area contributed by atoms with Crippen molar-refractivity contribution in [3.8, 4) is 0 Å². The molecule has 0 unspecified atom stereocenters. The van der Waals surface area contributed by atoms with Crippen LogP contribution < -0.4 is 0 Å². The molecule has 4 nitrogen and oxygen atoms in total. The van der Waals surface area contributed by atoms with E-state index in [-0.39, 0.29) is 9.92 Å². The second-order valence-electron chi connectivity index (χ2n) is 3.72. The molecule has 1 aliphatic heterocycles. The van der Waals surface area contributed by atoms with Crippen LogP contribution in [-0.2, 0) is 24.3 Å². The maximum absolute atomic E-state index is 11.5. The van der Waals surface area contributed by atoms with Crippen molar-refractivity contribution in [2.45, 2.75) is 17.6 Å². The van der Waals surface area contributed by atoms with E-state index in [1.807, 2.05) is 0 Å². The van der Waals surface area contributed by atoms with Crippen molar-refractivity contribution in [2.24, 2.45) is 0 Å². The van der Waals surface area contributed by atoms with Gasteiger partial charge >= 0.3 is 0 Å². The molecule has 0 bridgehead atoms. The molecule has 0 radical (unpaired) electrons. The lowest BCUT2D eigenvalue weighted by atomic mass is 10.1. The van der Waals surface area contributed by atoms with Gasteiger partial charge in [-0.25, -0.2) is 8.42 Å². The number of benzene rings is 1. The Morgan fingerprint density at radius 3 is 2.41 bits per heavy atom. The Balaban J connectivity index is 2.62. The molecule has 1 saturated heterocycles. The summed E-state index contributed by atoms with van der Waals surface area (Å²) in [4.78, 5) is -0.0870. The Kier molecular flexibility index (Phi) is 3.40. The van der Waals surface area contributed by atoms with Crippen LogP contribution in [-0.4, -0.2) is 21.6 Å². The predicted octanol–water partition coefficient (Wildman–Crippen LogP) is 2.49. The number of hydrogen-bond acceptors (Lipinski definition) is 4. The lowest BCUT2D eigenvalue weighted by Gasteiger charge is -2.24. The quantitative estimate of drug-likeness (QED) is 0.787. The largest absolute Gasteiger partial charge is 0.344 e. The van der Waals surface area contributed by atoms with Crippen LogP contribution >= 0.6 is 22.3 Å². The molecular formula is C10H10Cl2O4S. The van der Waals surface area contributed by atoms with Crippen LogP contribution in [0.5, 0.6) is 0 Å². The fourth-order valence-electron chi connectivity index (χ4n) is 1.74. The molecule has 0 N–H and O–H groups in total. The molecule has 0 amide bonds. The summed E-state index contributed by atoms with van der Waals surface area (Å²) in [6, 6.07) is 4.40. The molecule has 2 rings (SSSR count). The van der Waals surface area contributed by atoms with Crippen molar-refractivity contribution in [3.63, 3.8) is 0 Å². The van der Waals surface area contributed by atoms with Gasteiger partial charge in [0.25, 0.3) is 9.05 Å². The molecule has 1 aliphatic rings. The Hall–Kier alpha value is -0.330. The van der Waals surface area contributed by atoms with E-state index in [2.05, 4.69) is 0 Å². The van der Waals surface area contributed by atoms with Crippen LogP contribution in [0.25, 0.3) is 0 Å². The Labute approximate surface area is 109 Å². The molecule has 0 spiro atoms. The van der Waals surface area contributed by atoms with Gasteiger partial charge in [0.2, 0.25) is 0 Å². The minimum Gasteiger partial charge on any atom is -0.344 e. The van der Waals surface area contributed by atoms with Gasteiger partial charge in [-0.15, -0.1) is 0 Å². The summed E-state index contributed by atoms with van der Waals surface area (Å²) >= 11 is 5.77. The first-order chi connectivity index (χ1) is 7.83. The molecule has 1 aromatic carbocycles. The first kappa shape index (κ1) is 13.1. The van der Waals surface area contributed by atoms with Crippen molar-refractivity contribution in [3.05, 3.63) is 28.8 Å². The standard InChI is InChI=1S/C10H10Cl2O4S/c1-10(15-4-5-16-10)8-3-2-7(11)6-9(8)17(12,13)14/h2-3,6H,4-5H2,1H3. The van der Waals surface area contributed by atoms with Crippen molar-refractivity contribution in [2.75, 3.05) is 13.2 Å². The fraction of sp³-hybridized carbons (Fsp3) is 0.400. The molecule has 0 aliphatic carbocycles. The molecule has 1 aromatic rings. The van der Waals surface area contributed by atoms with Crippen molar-refractivity contribution >= 4 is 31.3 Å². The average molecular weight is 297 g/mol. The van der Waals surface area contributed by atoms with Gasteiger partial charge in [0, 0.05) is 21.3 Å². The molecule has 0 atom stereocenters. The second kappa shape index (κ2) is 4.40. The summed E-state index contributed by atoms with van der Waals surface area (Å²) in [7, 11) is 1.47. The van der Waals surface area contributed by atoms with Crippen molar-refractivity contribution < 1.29 is 17.9 Å². The smallest absolute Gasteiger partial charge is 0.261 e. The van der Waals surface area contributed by atoms with E-state index in [1.54, 1.807) is 19.1 Å². The highest BCUT2D eigenvalue weighted by atomic mass is 35.7. The van der Waals surface area contributed by atoms with E-state index in [0.29, 0.717) is 18.8 Å².